The van der Waals surface area contributed by atoms with Crippen LogP contribution in [0.15, 0.2) is 35.1 Å². The Kier molecular flexibility index (Phi) is 3.73. The topological polar surface area (TPSA) is 78.2 Å². The number of hydrogen-bond donors (Lipinski definition) is 0. The van der Waals surface area contributed by atoms with Crippen LogP contribution < -0.4 is 4.74 Å². The van der Waals surface area contributed by atoms with Gasteiger partial charge in [0.1, 0.15) is 4.47 Å². The van der Waals surface area contributed by atoms with E-state index in [4.69, 9.17) is 16.3 Å². The van der Waals surface area contributed by atoms with Crippen molar-refractivity contribution in [3.63, 3.8) is 0 Å². The lowest BCUT2D eigenvalue weighted by Crippen LogP contribution is -1.94. The average Bonchev–Trinajstić information content (AvgIpc) is 2.31. The van der Waals surface area contributed by atoms with Gasteiger partial charge in [-0.15, -0.1) is 0 Å². The van der Waals surface area contributed by atoms with Crippen LogP contribution in [0.4, 0.5) is 5.69 Å². The molecule has 0 atom stereocenters. The molecular formula is C10H5BrClN3O3. The van der Waals surface area contributed by atoms with Crippen molar-refractivity contribution in [1.82, 2.24) is 9.97 Å². The minimum atomic E-state index is -0.513. The summed E-state index contributed by atoms with van der Waals surface area (Å²) in [4.78, 5) is 17.9. The number of hydrogen-bond acceptors (Lipinski definition) is 5. The molecule has 92 valence electrons. The predicted octanol–water partition coefficient (Wildman–Crippen LogP) is 3.59. The number of ether oxygens (including phenoxy) is 1. The van der Waals surface area contributed by atoms with E-state index in [2.05, 4.69) is 25.9 Å². The van der Waals surface area contributed by atoms with E-state index in [-0.39, 0.29) is 26.9 Å². The highest BCUT2D eigenvalue weighted by Gasteiger charge is 2.16. The molecule has 0 N–H and O–H groups in total. The molecule has 6 nitrogen and oxygen atoms in total. The average molecular weight is 331 g/mol. The minimum absolute atomic E-state index is 0.0949. The molecule has 0 unspecified atom stereocenters. The van der Waals surface area contributed by atoms with E-state index < -0.39 is 4.92 Å². The van der Waals surface area contributed by atoms with Gasteiger partial charge in [0.25, 0.3) is 5.69 Å². The summed E-state index contributed by atoms with van der Waals surface area (Å²) in [6, 6.07) is 4.44. The van der Waals surface area contributed by atoms with Gasteiger partial charge < -0.3 is 4.74 Å². The second-order valence-corrected chi connectivity index (χ2v) is 4.31. The Morgan fingerprint density at radius 3 is 2.83 bits per heavy atom. The Morgan fingerprint density at radius 1 is 1.39 bits per heavy atom. The van der Waals surface area contributed by atoms with E-state index in [1.165, 1.54) is 24.5 Å². The normalized spacial score (nSPS) is 10.1. The first kappa shape index (κ1) is 12.7. The molecule has 0 fully saturated rings. The summed E-state index contributed by atoms with van der Waals surface area (Å²) in [5.41, 5.74) is -0.0949. The number of benzene rings is 1. The fourth-order valence-corrected chi connectivity index (χ4v) is 1.84. The van der Waals surface area contributed by atoms with Gasteiger partial charge in [0.2, 0.25) is 5.88 Å². The van der Waals surface area contributed by atoms with Crippen LogP contribution in [0.5, 0.6) is 11.6 Å². The summed E-state index contributed by atoms with van der Waals surface area (Å²) in [5, 5.41) is 10.9. The van der Waals surface area contributed by atoms with E-state index in [9.17, 15) is 10.1 Å². The van der Waals surface area contributed by atoms with Crippen LogP contribution in [-0.2, 0) is 0 Å². The molecule has 1 aromatic heterocycles. The molecule has 18 heavy (non-hydrogen) atoms. The number of nitro benzene ring substituents is 1. The van der Waals surface area contributed by atoms with Crippen LogP contribution in [0.3, 0.4) is 0 Å². The summed E-state index contributed by atoms with van der Waals surface area (Å²) in [5.74, 6) is 0.421. The van der Waals surface area contributed by atoms with E-state index in [0.29, 0.717) is 0 Å². The van der Waals surface area contributed by atoms with Gasteiger partial charge in [0.05, 0.1) is 17.3 Å². The van der Waals surface area contributed by atoms with Crippen LogP contribution in [0.25, 0.3) is 0 Å². The summed E-state index contributed by atoms with van der Waals surface area (Å²) in [6.45, 7) is 0. The van der Waals surface area contributed by atoms with E-state index in [1.54, 1.807) is 6.07 Å². The maximum absolute atomic E-state index is 10.8. The van der Waals surface area contributed by atoms with Crippen LogP contribution >= 0.6 is 27.5 Å². The third-order valence-electron chi connectivity index (χ3n) is 1.94. The van der Waals surface area contributed by atoms with E-state index in [0.717, 1.165) is 0 Å². The highest BCUT2D eigenvalue weighted by atomic mass is 79.9. The Labute approximate surface area is 115 Å². The van der Waals surface area contributed by atoms with Gasteiger partial charge in [-0.2, -0.15) is 4.98 Å². The number of halogens is 2. The first-order valence-electron chi connectivity index (χ1n) is 4.66. The van der Waals surface area contributed by atoms with Crippen molar-refractivity contribution in [3.05, 3.63) is 50.3 Å². The Bertz CT molecular complexity index is 609. The molecule has 1 heterocycles. The van der Waals surface area contributed by atoms with Crippen molar-refractivity contribution in [2.45, 2.75) is 0 Å². The molecule has 0 amide bonds. The Morgan fingerprint density at radius 2 is 2.17 bits per heavy atom. The lowest BCUT2D eigenvalue weighted by atomic mass is 10.3. The molecule has 2 aromatic rings. The molecule has 0 radical (unpaired) electrons. The smallest absolute Gasteiger partial charge is 0.287 e. The molecule has 1 aromatic carbocycles. The second-order valence-electron chi connectivity index (χ2n) is 3.13. The zero-order valence-electron chi connectivity index (χ0n) is 8.71. The SMILES string of the molecule is O=[N+]([O-])c1cccc(Oc2cncc(Cl)n2)c1Br. The monoisotopic (exact) mass is 329 g/mol. The van der Waals surface area contributed by atoms with Gasteiger partial charge in [-0.3, -0.25) is 15.1 Å². The standard InChI is InChI=1S/C10H5BrClN3O3/c11-10-6(15(16)17)2-1-3-7(10)18-9-5-13-4-8(12)14-9/h1-5H. The molecule has 0 aliphatic carbocycles. The molecule has 2 rings (SSSR count). The van der Waals surface area contributed by atoms with Crippen molar-refractivity contribution in [2.75, 3.05) is 0 Å². The highest BCUT2D eigenvalue weighted by molar-refractivity contribution is 9.10. The van der Waals surface area contributed by atoms with Crippen molar-refractivity contribution >= 4 is 33.2 Å². The minimum Gasteiger partial charge on any atom is -0.436 e. The third-order valence-corrected chi connectivity index (χ3v) is 2.92. The number of nitro groups is 1. The van der Waals surface area contributed by atoms with Crippen LogP contribution in [0, 0.1) is 10.1 Å². The Hall–Kier alpha value is -1.73. The molecule has 0 aliphatic heterocycles. The lowest BCUT2D eigenvalue weighted by Gasteiger charge is -2.06. The third kappa shape index (κ3) is 2.74. The van der Waals surface area contributed by atoms with Gasteiger partial charge in [0.15, 0.2) is 10.9 Å². The second kappa shape index (κ2) is 5.28. The fraction of sp³-hybridized carbons (Fsp3) is 0. The van der Waals surface area contributed by atoms with Crippen molar-refractivity contribution < 1.29 is 9.66 Å². The van der Waals surface area contributed by atoms with Gasteiger partial charge in [-0.05, 0) is 22.0 Å². The molecule has 0 spiro atoms. The first-order valence-corrected chi connectivity index (χ1v) is 5.83. The van der Waals surface area contributed by atoms with Crippen LogP contribution in [-0.4, -0.2) is 14.9 Å². The fourth-order valence-electron chi connectivity index (χ4n) is 1.21. The van der Waals surface area contributed by atoms with Crippen LogP contribution in [0.1, 0.15) is 0 Å². The maximum atomic E-state index is 10.8. The zero-order valence-corrected chi connectivity index (χ0v) is 11.1. The summed E-state index contributed by atoms with van der Waals surface area (Å²) >= 11 is 8.77. The maximum Gasteiger partial charge on any atom is 0.287 e. The number of nitrogens with zero attached hydrogens (tertiary/aromatic N) is 3. The zero-order chi connectivity index (χ0) is 13.1. The van der Waals surface area contributed by atoms with Gasteiger partial charge in [0, 0.05) is 6.07 Å². The lowest BCUT2D eigenvalue weighted by molar-refractivity contribution is -0.385. The first-order chi connectivity index (χ1) is 8.58. The predicted molar refractivity (Wildman–Crippen MR) is 67.9 cm³/mol. The van der Waals surface area contributed by atoms with Crippen molar-refractivity contribution in [1.29, 1.82) is 0 Å². The molecule has 0 saturated heterocycles. The summed E-state index contributed by atoms with van der Waals surface area (Å²) in [6.07, 6.45) is 2.72. The Balaban J connectivity index is 2.35. The largest absolute Gasteiger partial charge is 0.436 e. The number of rotatable bonds is 3. The van der Waals surface area contributed by atoms with Gasteiger partial charge in [-0.25, -0.2) is 0 Å². The number of aromatic nitrogens is 2. The molecule has 0 bridgehead atoms. The summed E-state index contributed by atoms with van der Waals surface area (Å²) in [7, 11) is 0. The van der Waals surface area contributed by atoms with E-state index in [1.807, 2.05) is 0 Å². The van der Waals surface area contributed by atoms with Gasteiger partial charge >= 0.3 is 0 Å². The van der Waals surface area contributed by atoms with Crippen molar-refractivity contribution in [2.24, 2.45) is 0 Å². The van der Waals surface area contributed by atoms with Crippen molar-refractivity contribution in [3.8, 4) is 11.6 Å². The molecular weight excluding hydrogens is 325 g/mol. The molecule has 0 saturated carbocycles. The summed E-state index contributed by atoms with van der Waals surface area (Å²) < 4.78 is 5.60. The van der Waals surface area contributed by atoms with Crippen LogP contribution in [0.2, 0.25) is 5.15 Å². The van der Waals surface area contributed by atoms with E-state index >= 15 is 0 Å². The highest BCUT2D eigenvalue weighted by Crippen LogP contribution is 2.35. The molecule has 8 heteroatoms. The molecule has 0 aliphatic rings. The quantitative estimate of drug-likeness (QED) is 0.635. The van der Waals surface area contributed by atoms with Gasteiger partial charge in [-0.1, -0.05) is 17.7 Å².